The summed E-state index contributed by atoms with van der Waals surface area (Å²) < 4.78 is 23.9. The second kappa shape index (κ2) is 16.0. The maximum Gasteiger partial charge on any atom is 0.243 e. The molecule has 0 saturated heterocycles. The molecule has 0 heterocycles. The third-order valence-corrected chi connectivity index (χ3v) is 8.28. The minimum atomic E-state index is -0.988. The van der Waals surface area contributed by atoms with Crippen LogP contribution in [0, 0.1) is 0 Å². The van der Waals surface area contributed by atoms with E-state index in [1.165, 1.54) is 11.8 Å². The van der Waals surface area contributed by atoms with Crippen LogP contribution >= 0.6 is 20.2 Å². The number of quaternary nitrogens is 1. The summed E-state index contributed by atoms with van der Waals surface area (Å²) in [5.41, 5.74) is 0. The van der Waals surface area contributed by atoms with Gasteiger partial charge in [0.25, 0.3) is 0 Å². The molecule has 0 aliphatic carbocycles. The minimum Gasteiger partial charge on any atom is -0.351 e. The molecule has 7 nitrogen and oxygen atoms in total. The molecule has 0 spiro atoms. The molecule has 0 amide bonds. The Morgan fingerprint density at radius 2 is 1.34 bits per heavy atom. The highest BCUT2D eigenvalue weighted by atomic mass is 32.2. The van der Waals surface area contributed by atoms with E-state index < -0.39 is 14.7 Å². The largest absolute Gasteiger partial charge is 0.351 e. The lowest BCUT2D eigenvalue weighted by molar-refractivity contribution is -0.861. The molecule has 0 aromatic carbocycles. The van der Waals surface area contributed by atoms with Crippen LogP contribution in [0.4, 0.5) is 0 Å². The fourth-order valence-corrected chi connectivity index (χ4v) is 6.69. The first-order valence-electron chi connectivity index (χ1n) is 11.9. The lowest BCUT2D eigenvalue weighted by Gasteiger charge is -2.45. The van der Waals surface area contributed by atoms with Crippen molar-refractivity contribution in [1.82, 2.24) is 9.34 Å². The Bertz CT molecular complexity index is 480. The molecule has 0 aromatic rings. The van der Waals surface area contributed by atoms with Gasteiger partial charge in [0, 0.05) is 36.5 Å². The first-order chi connectivity index (χ1) is 14.7. The van der Waals surface area contributed by atoms with Crippen LogP contribution < -0.4 is 0 Å². The monoisotopic (exact) mass is 496 g/mol. The summed E-state index contributed by atoms with van der Waals surface area (Å²) in [6.07, 6.45) is -0.443. The van der Waals surface area contributed by atoms with Crippen molar-refractivity contribution >= 4 is 25.3 Å². The molecule has 32 heavy (non-hydrogen) atoms. The second-order valence-corrected chi connectivity index (χ2v) is 12.9. The van der Waals surface area contributed by atoms with Gasteiger partial charge in [0.15, 0.2) is 14.7 Å². The van der Waals surface area contributed by atoms with Crippen LogP contribution in [0.25, 0.3) is 0 Å². The Morgan fingerprint density at radius 3 is 1.72 bits per heavy atom. The number of carbonyl (C=O) groups is 1. The van der Waals surface area contributed by atoms with Crippen LogP contribution in [-0.2, 0) is 18.8 Å². The molecular weight excluding hydrogens is 445 g/mol. The lowest BCUT2D eigenvalue weighted by Crippen LogP contribution is -2.44. The highest BCUT2D eigenvalue weighted by molar-refractivity contribution is 8.13. The van der Waals surface area contributed by atoms with E-state index in [4.69, 9.17) is 14.0 Å². The molecule has 192 valence electrons. The van der Waals surface area contributed by atoms with Crippen molar-refractivity contribution in [2.45, 2.75) is 92.8 Å². The van der Waals surface area contributed by atoms with Gasteiger partial charge in [0.1, 0.15) is 13.2 Å². The van der Waals surface area contributed by atoms with E-state index >= 15 is 0 Å². The van der Waals surface area contributed by atoms with Gasteiger partial charge in [-0.05, 0) is 62.3 Å². The van der Waals surface area contributed by atoms with Crippen molar-refractivity contribution in [3.63, 3.8) is 0 Å². The number of likely N-dealkylation sites (N-methyl/N-ethyl adjacent to an activating group) is 1. The van der Waals surface area contributed by atoms with E-state index in [-0.39, 0.29) is 5.12 Å². The number of nitrogens with zero attached hydrogens (tertiary/aromatic N) is 3. The zero-order chi connectivity index (χ0) is 25.1. The third-order valence-electron chi connectivity index (χ3n) is 4.44. The predicted octanol–water partition coefficient (Wildman–Crippen LogP) is 4.81. The van der Waals surface area contributed by atoms with Gasteiger partial charge in [-0.2, -0.15) is 0 Å². The van der Waals surface area contributed by atoms with E-state index in [0.717, 1.165) is 0 Å². The maximum absolute atomic E-state index is 12.1. The number of hydrogen-bond donors (Lipinski definition) is 0. The molecular formula is C23H51N3O4PS+. The van der Waals surface area contributed by atoms with E-state index in [0.29, 0.717) is 60.8 Å². The maximum atomic E-state index is 12.1. The van der Waals surface area contributed by atoms with Crippen molar-refractivity contribution in [2.24, 2.45) is 0 Å². The summed E-state index contributed by atoms with van der Waals surface area (Å²) >= 11 is 1.32. The summed E-state index contributed by atoms with van der Waals surface area (Å²) in [4.78, 5) is 12.1. The lowest BCUT2D eigenvalue weighted by atomic mass is 10.3. The van der Waals surface area contributed by atoms with Crippen molar-refractivity contribution in [3.05, 3.63) is 0 Å². The molecule has 0 N–H and O–H groups in total. The topological polar surface area (TPSA) is 51.2 Å². The van der Waals surface area contributed by atoms with E-state index in [9.17, 15) is 4.79 Å². The smallest absolute Gasteiger partial charge is 0.243 e. The molecule has 0 fully saturated rings. The fourth-order valence-electron chi connectivity index (χ4n) is 3.46. The van der Waals surface area contributed by atoms with Gasteiger partial charge in [0.2, 0.25) is 5.12 Å². The molecule has 9 heteroatoms. The van der Waals surface area contributed by atoms with Gasteiger partial charge in [0.05, 0.1) is 27.7 Å². The molecule has 1 unspecified atom stereocenters. The van der Waals surface area contributed by atoms with Crippen LogP contribution in [0.15, 0.2) is 0 Å². The van der Waals surface area contributed by atoms with Gasteiger partial charge < -0.3 is 18.5 Å². The van der Waals surface area contributed by atoms with E-state index in [1.807, 2.05) is 28.1 Å². The van der Waals surface area contributed by atoms with Crippen LogP contribution in [0.2, 0.25) is 0 Å². The van der Waals surface area contributed by atoms with Crippen molar-refractivity contribution in [2.75, 3.05) is 53.3 Å². The standard InChI is InChI=1S/C23H51N3O4PS/c1-13-28-23(29-14-15-32-22(27)16-26(10,11)12)17-30-31(24(18(2)3)19(4)5)25(20(6)7)21(8)9/h18-21,23H,13-17H2,1-12H3/q+1. The first-order valence-corrected chi connectivity index (χ1v) is 14.0. The number of thioether (sulfide) groups is 1. The Labute approximate surface area is 204 Å². The summed E-state index contributed by atoms with van der Waals surface area (Å²) in [6, 6.07) is 1.43. The van der Waals surface area contributed by atoms with Gasteiger partial charge >= 0.3 is 0 Å². The zero-order valence-corrected chi connectivity index (χ0v) is 24.5. The quantitative estimate of drug-likeness (QED) is 0.124. The summed E-state index contributed by atoms with van der Waals surface area (Å²) in [5, 5.41) is 0.183. The Morgan fingerprint density at radius 1 is 0.875 bits per heavy atom. The highest BCUT2D eigenvalue weighted by Crippen LogP contribution is 2.50. The highest BCUT2D eigenvalue weighted by Gasteiger charge is 2.35. The van der Waals surface area contributed by atoms with Crippen LogP contribution in [0.5, 0.6) is 0 Å². The average molecular weight is 497 g/mol. The van der Waals surface area contributed by atoms with Crippen molar-refractivity contribution in [1.29, 1.82) is 0 Å². The summed E-state index contributed by atoms with van der Waals surface area (Å²) in [5.74, 6) is 0.616. The minimum absolute atomic E-state index is 0.183. The second-order valence-electron chi connectivity index (χ2n) is 10.1. The number of rotatable bonds is 17. The summed E-state index contributed by atoms with van der Waals surface area (Å²) in [6.45, 7) is 21.6. The van der Waals surface area contributed by atoms with E-state index in [2.05, 4.69) is 64.7 Å². The average Bonchev–Trinajstić information content (AvgIpc) is 2.59. The third kappa shape index (κ3) is 13.2. The van der Waals surface area contributed by atoms with Gasteiger partial charge in [-0.1, -0.05) is 11.8 Å². The van der Waals surface area contributed by atoms with Crippen LogP contribution in [0.1, 0.15) is 62.3 Å². The Kier molecular flexibility index (Phi) is 16.1. The molecule has 1 atom stereocenters. The molecule has 0 radical (unpaired) electrons. The normalized spacial score (nSPS) is 14.2. The molecule has 0 aliphatic heterocycles. The Balaban J connectivity index is 5.10. The summed E-state index contributed by atoms with van der Waals surface area (Å²) in [7, 11) is 5.07. The number of hydrogen-bond acceptors (Lipinski definition) is 7. The molecule has 0 rings (SSSR count). The van der Waals surface area contributed by atoms with E-state index in [1.54, 1.807) is 0 Å². The van der Waals surface area contributed by atoms with Gasteiger partial charge in [-0.15, -0.1) is 0 Å². The van der Waals surface area contributed by atoms with Crippen LogP contribution in [0.3, 0.4) is 0 Å². The van der Waals surface area contributed by atoms with Gasteiger partial charge in [-0.25, -0.2) is 9.34 Å². The number of ether oxygens (including phenoxy) is 2. The zero-order valence-electron chi connectivity index (χ0n) is 22.8. The van der Waals surface area contributed by atoms with Crippen molar-refractivity contribution < 1.29 is 23.3 Å². The predicted molar refractivity (Wildman–Crippen MR) is 139 cm³/mol. The fraction of sp³-hybridized carbons (Fsp3) is 0.957. The number of carbonyl (C=O) groups excluding carboxylic acids is 1. The van der Waals surface area contributed by atoms with Crippen molar-refractivity contribution in [3.8, 4) is 0 Å². The van der Waals surface area contributed by atoms with Gasteiger partial charge in [-0.3, -0.25) is 4.79 Å². The SMILES string of the molecule is CCOC(COP(N(C(C)C)C(C)C)N(C(C)C)C(C)C)OCCSC(=O)C[N+](C)(C)C. The molecule has 0 saturated carbocycles. The molecule has 0 bridgehead atoms. The first kappa shape index (κ1) is 32.2. The molecule has 0 aliphatic rings. The Hall–Kier alpha value is 0.210. The molecule has 0 aromatic heterocycles. The van der Waals surface area contributed by atoms with Crippen LogP contribution in [-0.4, -0.2) is 103 Å².